The molecule has 1 aromatic rings. The van der Waals surface area contributed by atoms with Gasteiger partial charge >= 0.3 is 0 Å². The molecule has 1 aromatic carbocycles. The highest BCUT2D eigenvalue weighted by Gasteiger charge is 2.30. The molecular weight excluding hydrogens is 186 g/mol. The highest BCUT2D eigenvalue weighted by Crippen LogP contribution is 2.39. The van der Waals surface area contributed by atoms with Crippen LogP contribution in [0, 0.1) is 0 Å². The normalized spacial score (nSPS) is 24.5. The van der Waals surface area contributed by atoms with Crippen molar-refractivity contribution in [2.45, 2.75) is 44.8 Å². The Labute approximate surface area is 90.4 Å². The van der Waals surface area contributed by atoms with Crippen LogP contribution in [0.5, 0.6) is 5.75 Å². The number of benzene rings is 1. The van der Waals surface area contributed by atoms with Crippen molar-refractivity contribution in [3.05, 3.63) is 28.8 Å². The van der Waals surface area contributed by atoms with Gasteiger partial charge in [-0.15, -0.1) is 0 Å². The van der Waals surface area contributed by atoms with E-state index in [4.69, 9.17) is 10.5 Å². The lowest BCUT2D eigenvalue weighted by Gasteiger charge is -2.15. The van der Waals surface area contributed by atoms with E-state index >= 15 is 0 Å². The molecule has 3 rings (SSSR count). The summed E-state index contributed by atoms with van der Waals surface area (Å²) in [6.45, 7) is 2.02. The minimum absolute atomic E-state index is 0.120. The minimum Gasteiger partial charge on any atom is -0.488 e. The summed E-state index contributed by atoms with van der Waals surface area (Å²) < 4.78 is 5.99. The Morgan fingerprint density at radius 1 is 1.33 bits per heavy atom. The van der Waals surface area contributed by atoms with Crippen molar-refractivity contribution in [2.75, 3.05) is 0 Å². The summed E-state index contributed by atoms with van der Waals surface area (Å²) in [5, 5.41) is 0. The van der Waals surface area contributed by atoms with Crippen LogP contribution in [-0.2, 0) is 19.3 Å². The maximum absolute atomic E-state index is 5.99. The van der Waals surface area contributed by atoms with E-state index in [1.54, 1.807) is 0 Å². The van der Waals surface area contributed by atoms with Gasteiger partial charge in [0.15, 0.2) is 0 Å². The van der Waals surface area contributed by atoms with E-state index in [0.29, 0.717) is 0 Å². The first-order valence-corrected chi connectivity index (χ1v) is 5.81. The lowest BCUT2D eigenvalue weighted by molar-refractivity contribution is 0.205. The average Bonchev–Trinajstić information content (AvgIpc) is 2.82. The van der Waals surface area contributed by atoms with E-state index in [1.807, 2.05) is 6.92 Å². The molecular formula is C13H17NO. The van der Waals surface area contributed by atoms with Crippen LogP contribution in [0.15, 0.2) is 12.1 Å². The monoisotopic (exact) mass is 203 g/mol. The summed E-state index contributed by atoms with van der Waals surface area (Å²) in [6, 6.07) is 4.62. The SMILES string of the molecule is CC(N)[C@H]1Cc2ccc3c(c2O1)CCC3. The summed E-state index contributed by atoms with van der Waals surface area (Å²) in [5.74, 6) is 1.16. The van der Waals surface area contributed by atoms with Crippen LogP contribution in [-0.4, -0.2) is 12.1 Å². The van der Waals surface area contributed by atoms with Crippen LogP contribution in [0.25, 0.3) is 0 Å². The van der Waals surface area contributed by atoms with Gasteiger partial charge in [0.05, 0.1) is 0 Å². The third-order valence-electron chi connectivity index (χ3n) is 3.59. The standard InChI is InChI=1S/C13H17NO/c1-8(14)12-7-10-6-5-9-3-2-4-11(9)13(10)15-12/h5-6,8,12H,2-4,7,14H2,1H3/t8?,12-/m1/s1. The van der Waals surface area contributed by atoms with E-state index in [-0.39, 0.29) is 12.1 Å². The van der Waals surface area contributed by atoms with Gasteiger partial charge in [-0.25, -0.2) is 0 Å². The second-order valence-electron chi connectivity index (χ2n) is 4.76. The van der Waals surface area contributed by atoms with Crippen LogP contribution in [0.4, 0.5) is 0 Å². The van der Waals surface area contributed by atoms with Crippen LogP contribution in [0.1, 0.15) is 30.0 Å². The smallest absolute Gasteiger partial charge is 0.126 e. The molecule has 2 heteroatoms. The topological polar surface area (TPSA) is 35.2 Å². The quantitative estimate of drug-likeness (QED) is 0.755. The Morgan fingerprint density at radius 3 is 2.93 bits per heavy atom. The molecule has 0 saturated heterocycles. The zero-order chi connectivity index (χ0) is 10.4. The molecule has 2 aliphatic rings. The van der Waals surface area contributed by atoms with Crippen molar-refractivity contribution >= 4 is 0 Å². The van der Waals surface area contributed by atoms with Gasteiger partial charge in [0.25, 0.3) is 0 Å². The van der Waals surface area contributed by atoms with Gasteiger partial charge in [-0.1, -0.05) is 12.1 Å². The van der Waals surface area contributed by atoms with Crippen molar-refractivity contribution in [1.29, 1.82) is 0 Å². The molecule has 2 atom stereocenters. The third-order valence-corrected chi connectivity index (χ3v) is 3.59. The van der Waals surface area contributed by atoms with Crippen molar-refractivity contribution in [1.82, 2.24) is 0 Å². The molecule has 0 spiro atoms. The van der Waals surface area contributed by atoms with Crippen molar-refractivity contribution in [2.24, 2.45) is 5.73 Å². The molecule has 1 aliphatic heterocycles. The summed E-state index contributed by atoms with van der Waals surface area (Å²) in [7, 11) is 0. The number of nitrogens with two attached hydrogens (primary N) is 1. The molecule has 0 amide bonds. The van der Waals surface area contributed by atoms with Gasteiger partial charge in [0.1, 0.15) is 11.9 Å². The number of aryl methyl sites for hydroxylation is 1. The Morgan fingerprint density at radius 2 is 2.13 bits per heavy atom. The van der Waals surface area contributed by atoms with Gasteiger partial charge in [-0.05, 0) is 42.9 Å². The Hall–Kier alpha value is -1.02. The van der Waals surface area contributed by atoms with Gasteiger partial charge in [0.2, 0.25) is 0 Å². The van der Waals surface area contributed by atoms with E-state index in [2.05, 4.69) is 12.1 Å². The molecule has 80 valence electrons. The molecule has 0 bridgehead atoms. The van der Waals surface area contributed by atoms with Crippen molar-refractivity contribution in [3.8, 4) is 5.75 Å². The first-order valence-electron chi connectivity index (χ1n) is 5.81. The predicted octanol–water partition coefficient (Wildman–Crippen LogP) is 1.83. The maximum atomic E-state index is 5.99. The average molecular weight is 203 g/mol. The molecule has 0 fully saturated rings. The molecule has 2 nitrogen and oxygen atoms in total. The molecule has 2 N–H and O–H groups in total. The lowest BCUT2D eigenvalue weighted by Crippen LogP contribution is -2.34. The molecule has 1 aliphatic carbocycles. The van der Waals surface area contributed by atoms with Gasteiger partial charge in [-0.2, -0.15) is 0 Å². The largest absolute Gasteiger partial charge is 0.488 e. The van der Waals surface area contributed by atoms with Crippen LogP contribution >= 0.6 is 0 Å². The Kier molecular flexibility index (Phi) is 1.99. The van der Waals surface area contributed by atoms with E-state index < -0.39 is 0 Å². The summed E-state index contributed by atoms with van der Waals surface area (Å²) >= 11 is 0. The fourth-order valence-electron chi connectivity index (χ4n) is 2.69. The van der Waals surface area contributed by atoms with Crippen LogP contribution < -0.4 is 10.5 Å². The maximum Gasteiger partial charge on any atom is 0.126 e. The van der Waals surface area contributed by atoms with Crippen molar-refractivity contribution < 1.29 is 4.74 Å². The number of rotatable bonds is 1. The van der Waals surface area contributed by atoms with Gasteiger partial charge < -0.3 is 10.5 Å². The number of hydrogen-bond acceptors (Lipinski definition) is 2. The van der Waals surface area contributed by atoms with E-state index in [9.17, 15) is 0 Å². The first kappa shape index (κ1) is 9.22. The predicted molar refractivity (Wildman–Crippen MR) is 60.2 cm³/mol. The second kappa shape index (κ2) is 3.24. The van der Waals surface area contributed by atoms with Gasteiger partial charge in [0, 0.05) is 12.5 Å². The van der Waals surface area contributed by atoms with Crippen molar-refractivity contribution in [3.63, 3.8) is 0 Å². The minimum atomic E-state index is 0.120. The lowest BCUT2D eigenvalue weighted by atomic mass is 10.0. The fraction of sp³-hybridized carbons (Fsp3) is 0.538. The Bertz CT molecular complexity index is 398. The summed E-state index contributed by atoms with van der Waals surface area (Å²) in [4.78, 5) is 0. The van der Waals surface area contributed by atoms with Crippen LogP contribution in [0.2, 0.25) is 0 Å². The van der Waals surface area contributed by atoms with Gasteiger partial charge in [-0.3, -0.25) is 0 Å². The highest BCUT2D eigenvalue weighted by atomic mass is 16.5. The number of hydrogen-bond donors (Lipinski definition) is 1. The molecule has 1 heterocycles. The fourth-order valence-corrected chi connectivity index (χ4v) is 2.69. The van der Waals surface area contributed by atoms with E-state index in [1.165, 1.54) is 36.0 Å². The Balaban J connectivity index is 2.00. The zero-order valence-corrected chi connectivity index (χ0v) is 9.12. The van der Waals surface area contributed by atoms with E-state index in [0.717, 1.165) is 12.2 Å². The number of ether oxygens (including phenoxy) is 1. The number of fused-ring (bicyclic) bond motifs is 3. The molecule has 0 aromatic heterocycles. The highest BCUT2D eigenvalue weighted by molar-refractivity contribution is 5.51. The third kappa shape index (κ3) is 1.36. The van der Waals surface area contributed by atoms with Crippen LogP contribution in [0.3, 0.4) is 0 Å². The second-order valence-corrected chi connectivity index (χ2v) is 4.76. The molecule has 0 radical (unpaired) electrons. The molecule has 1 unspecified atom stereocenters. The molecule has 15 heavy (non-hydrogen) atoms. The summed E-state index contributed by atoms with van der Waals surface area (Å²) in [6.07, 6.45) is 4.85. The zero-order valence-electron chi connectivity index (χ0n) is 9.12. The molecule has 0 saturated carbocycles. The first-order chi connectivity index (χ1) is 7.25. The summed E-state index contributed by atoms with van der Waals surface area (Å²) in [5.41, 5.74) is 10.2.